The summed E-state index contributed by atoms with van der Waals surface area (Å²) in [5, 5.41) is 0. The second-order valence-corrected chi connectivity index (χ2v) is 4.02. The summed E-state index contributed by atoms with van der Waals surface area (Å²) in [6, 6.07) is 3.94. The molecule has 2 aromatic rings. The molecule has 1 atom stereocenters. The van der Waals surface area contributed by atoms with Crippen molar-refractivity contribution in [1.29, 1.82) is 0 Å². The molecule has 0 radical (unpaired) electrons. The number of nitrogens with zero attached hydrogens (tertiary/aromatic N) is 2. The lowest BCUT2D eigenvalue weighted by Crippen LogP contribution is -2.10. The molecule has 0 bridgehead atoms. The van der Waals surface area contributed by atoms with Crippen molar-refractivity contribution in [3.8, 4) is 0 Å². The first kappa shape index (κ1) is 10.7. The van der Waals surface area contributed by atoms with E-state index < -0.39 is 0 Å². The van der Waals surface area contributed by atoms with Crippen LogP contribution in [0.25, 0.3) is 0 Å². The summed E-state index contributed by atoms with van der Waals surface area (Å²) in [5.74, 6) is 0.798. The first-order chi connectivity index (χ1) is 7.68. The number of nitrogens with one attached hydrogen (secondary N) is 1. The number of Topliss-reactive ketones (excluding diaryl/α,β-unsaturated/α-hetero) is 1. The Balaban J connectivity index is 2.06. The van der Waals surface area contributed by atoms with E-state index in [9.17, 15) is 4.79 Å². The van der Waals surface area contributed by atoms with Gasteiger partial charge in [0, 0.05) is 43.7 Å². The molecule has 0 spiro atoms. The number of hydrogen-bond donors (Lipinski definition) is 1. The number of carbonyl (C=O) groups is 1. The lowest BCUT2D eigenvalue weighted by Gasteiger charge is -2.08. The molecule has 0 aliphatic heterocycles. The summed E-state index contributed by atoms with van der Waals surface area (Å²) in [5.41, 5.74) is 1.09. The molecular weight excluding hydrogens is 202 g/mol. The number of aromatic amines is 1. The third-order valence-electron chi connectivity index (χ3n) is 2.72. The van der Waals surface area contributed by atoms with Crippen LogP contribution < -0.4 is 0 Å². The van der Waals surface area contributed by atoms with E-state index in [1.807, 2.05) is 32.3 Å². The minimum absolute atomic E-state index is 0.0783. The zero-order valence-corrected chi connectivity index (χ0v) is 9.47. The Labute approximate surface area is 94.3 Å². The highest BCUT2D eigenvalue weighted by Gasteiger charge is 2.16. The molecule has 0 saturated heterocycles. The average molecular weight is 217 g/mol. The van der Waals surface area contributed by atoms with Crippen LogP contribution in [-0.4, -0.2) is 20.3 Å². The Hall–Kier alpha value is -1.84. The predicted molar refractivity (Wildman–Crippen MR) is 61.4 cm³/mol. The van der Waals surface area contributed by atoms with Gasteiger partial charge in [0.25, 0.3) is 0 Å². The summed E-state index contributed by atoms with van der Waals surface area (Å²) in [6.07, 6.45) is 5.78. The van der Waals surface area contributed by atoms with E-state index >= 15 is 0 Å². The van der Waals surface area contributed by atoms with Crippen molar-refractivity contribution in [2.45, 2.75) is 19.3 Å². The fourth-order valence-electron chi connectivity index (χ4n) is 1.76. The van der Waals surface area contributed by atoms with E-state index in [4.69, 9.17) is 0 Å². The van der Waals surface area contributed by atoms with E-state index in [0.29, 0.717) is 12.2 Å². The standard InChI is InChI=1S/C12H15N3O/c1-9(10-4-3-5-13-10)8-11(16)12-14-6-7-15(12)2/h3-7,9,13H,8H2,1-2H3/t9-/m1/s1. The molecule has 2 aromatic heterocycles. The number of aryl methyl sites for hydroxylation is 1. The number of carbonyl (C=O) groups excluding carboxylic acids is 1. The molecule has 0 fully saturated rings. The molecular formula is C12H15N3O. The first-order valence-corrected chi connectivity index (χ1v) is 5.32. The van der Waals surface area contributed by atoms with Crippen molar-refractivity contribution in [3.63, 3.8) is 0 Å². The van der Waals surface area contributed by atoms with Crippen molar-refractivity contribution in [3.05, 3.63) is 42.2 Å². The molecule has 0 aliphatic rings. The largest absolute Gasteiger partial charge is 0.365 e. The van der Waals surface area contributed by atoms with Gasteiger partial charge in [0.2, 0.25) is 0 Å². The van der Waals surface area contributed by atoms with Crippen LogP contribution in [0.1, 0.15) is 35.6 Å². The Kier molecular flexibility index (Phi) is 2.90. The molecule has 2 heterocycles. The normalized spacial score (nSPS) is 12.6. The van der Waals surface area contributed by atoms with Crippen LogP contribution in [0.2, 0.25) is 0 Å². The number of rotatable bonds is 4. The smallest absolute Gasteiger partial charge is 0.198 e. The molecule has 16 heavy (non-hydrogen) atoms. The summed E-state index contributed by atoms with van der Waals surface area (Å²) >= 11 is 0. The van der Waals surface area contributed by atoms with Crippen molar-refractivity contribution in [2.75, 3.05) is 0 Å². The minimum Gasteiger partial charge on any atom is -0.365 e. The van der Waals surface area contributed by atoms with Gasteiger partial charge in [-0.2, -0.15) is 0 Å². The van der Waals surface area contributed by atoms with Crippen LogP contribution in [0.5, 0.6) is 0 Å². The van der Waals surface area contributed by atoms with E-state index in [-0.39, 0.29) is 11.7 Å². The molecule has 1 N–H and O–H groups in total. The third-order valence-corrected chi connectivity index (χ3v) is 2.72. The van der Waals surface area contributed by atoms with Gasteiger partial charge in [0.15, 0.2) is 11.6 Å². The Morgan fingerprint density at radius 3 is 3.00 bits per heavy atom. The Morgan fingerprint density at radius 1 is 1.62 bits per heavy atom. The number of imidazole rings is 1. The van der Waals surface area contributed by atoms with E-state index in [2.05, 4.69) is 9.97 Å². The molecule has 2 rings (SSSR count). The van der Waals surface area contributed by atoms with Gasteiger partial charge in [-0.3, -0.25) is 4.79 Å². The van der Waals surface area contributed by atoms with Crippen LogP contribution in [-0.2, 0) is 7.05 Å². The predicted octanol–water partition coefficient (Wildman–Crippen LogP) is 2.12. The quantitative estimate of drug-likeness (QED) is 0.797. The summed E-state index contributed by atoms with van der Waals surface area (Å²) in [4.78, 5) is 19.1. The monoisotopic (exact) mass is 217 g/mol. The van der Waals surface area contributed by atoms with Gasteiger partial charge in [-0.25, -0.2) is 4.98 Å². The summed E-state index contributed by atoms with van der Waals surface area (Å²) in [6.45, 7) is 2.03. The van der Waals surface area contributed by atoms with E-state index in [0.717, 1.165) is 5.69 Å². The van der Waals surface area contributed by atoms with Crippen LogP contribution >= 0.6 is 0 Å². The van der Waals surface area contributed by atoms with Gasteiger partial charge in [0.1, 0.15) is 0 Å². The van der Waals surface area contributed by atoms with Gasteiger partial charge in [0.05, 0.1) is 0 Å². The zero-order valence-electron chi connectivity index (χ0n) is 9.47. The van der Waals surface area contributed by atoms with Gasteiger partial charge in [-0.05, 0) is 12.1 Å². The average Bonchev–Trinajstić information content (AvgIpc) is 2.86. The van der Waals surface area contributed by atoms with E-state index in [1.165, 1.54) is 0 Å². The molecule has 0 amide bonds. The molecule has 0 unspecified atom stereocenters. The fraction of sp³-hybridized carbons (Fsp3) is 0.333. The maximum Gasteiger partial charge on any atom is 0.198 e. The number of aromatic nitrogens is 3. The van der Waals surface area contributed by atoms with Gasteiger partial charge in [-0.1, -0.05) is 6.92 Å². The van der Waals surface area contributed by atoms with Crippen molar-refractivity contribution < 1.29 is 4.79 Å². The summed E-state index contributed by atoms with van der Waals surface area (Å²) < 4.78 is 1.75. The maximum atomic E-state index is 11.9. The van der Waals surface area contributed by atoms with Crippen molar-refractivity contribution in [1.82, 2.24) is 14.5 Å². The lowest BCUT2D eigenvalue weighted by molar-refractivity contribution is 0.0962. The number of hydrogen-bond acceptors (Lipinski definition) is 2. The molecule has 0 aromatic carbocycles. The van der Waals surface area contributed by atoms with Gasteiger partial charge >= 0.3 is 0 Å². The molecule has 0 aliphatic carbocycles. The van der Waals surface area contributed by atoms with Crippen LogP contribution in [0, 0.1) is 0 Å². The molecule has 4 heteroatoms. The highest BCUT2D eigenvalue weighted by atomic mass is 16.1. The fourth-order valence-corrected chi connectivity index (χ4v) is 1.76. The van der Waals surface area contributed by atoms with Crippen molar-refractivity contribution >= 4 is 5.78 Å². The topological polar surface area (TPSA) is 50.7 Å². The highest BCUT2D eigenvalue weighted by molar-refractivity contribution is 5.93. The Bertz CT molecular complexity index is 470. The number of H-pyrrole nitrogens is 1. The minimum atomic E-state index is 0.0783. The second-order valence-electron chi connectivity index (χ2n) is 4.02. The maximum absolute atomic E-state index is 11.9. The van der Waals surface area contributed by atoms with Crippen LogP contribution in [0.4, 0.5) is 0 Å². The Morgan fingerprint density at radius 2 is 2.44 bits per heavy atom. The SMILES string of the molecule is C[C@H](CC(=O)c1nccn1C)c1ccc[nH]1. The van der Waals surface area contributed by atoms with E-state index in [1.54, 1.807) is 17.0 Å². The van der Waals surface area contributed by atoms with Crippen LogP contribution in [0.15, 0.2) is 30.7 Å². The first-order valence-electron chi connectivity index (χ1n) is 5.32. The van der Waals surface area contributed by atoms with Gasteiger partial charge < -0.3 is 9.55 Å². The third kappa shape index (κ3) is 2.05. The van der Waals surface area contributed by atoms with Gasteiger partial charge in [-0.15, -0.1) is 0 Å². The summed E-state index contributed by atoms with van der Waals surface area (Å²) in [7, 11) is 1.83. The second kappa shape index (κ2) is 4.35. The number of ketones is 1. The molecule has 84 valence electrons. The van der Waals surface area contributed by atoms with Crippen molar-refractivity contribution in [2.24, 2.45) is 7.05 Å². The lowest BCUT2D eigenvalue weighted by atomic mass is 10.0. The van der Waals surface area contributed by atoms with Crippen LogP contribution in [0.3, 0.4) is 0 Å². The molecule has 4 nitrogen and oxygen atoms in total. The molecule has 0 saturated carbocycles. The highest BCUT2D eigenvalue weighted by Crippen LogP contribution is 2.18. The zero-order chi connectivity index (χ0) is 11.5.